The Balaban J connectivity index is 2.01. The normalized spacial score (nSPS) is 19.8. The monoisotopic (exact) mass is 244 g/mol. The molecule has 1 atom stereocenters. The average Bonchev–Trinajstić information content (AvgIpc) is 2.33. The maximum Gasteiger partial charge on any atom is 0.246 e. The lowest BCUT2D eigenvalue weighted by Crippen LogP contribution is -2.43. The van der Waals surface area contributed by atoms with Crippen LogP contribution >= 0.6 is 0 Å². The van der Waals surface area contributed by atoms with E-state index in [1.807, 2.05) is 12.1 Å². The molecule has 0 saturated carbocycles. The first-order chi connectivity index (χ1) is 8.56. The Kier molecular flexibility index (Phi) is 3.70. The van der Waals surface area contributed by atoms with Crippen molar-refractivity contribution >= 4 is 11.6 Å². The Morgan fingerprint density at radius 3 is 2.56 bits per heavy atom. The SMILES string of the molecule is C=C1CCC(Nc2ccc(C(C)C)cc2)C(=O)N1. The van der Waals surface area contributed by atoms with E-state index >= 15 is 0 Å². The molecule has 0 spiro atoms. The van der Waals surface area contributed by atoms with E-state index in [-0.39, 0.29) is 11.9 Å². The van der Waals surface area contributed by atoms with Crippen molar-refractivity contribution in [1.29, 1.82) is 0 Å². The van der Waals surface area contributed by atoms with Gasteiger partial charge in [-0.2, -0.15) is 0 Å². The molecule has 2 rings (SSSR count). The van der Waals surface area contributed by atoms with Crippen LogP contribution in [-0.4, -0.2) is 11.9 Å². The molecule has 96 valence electrons. The summed E-state index contributed by atoms with van der Waals surface area (Å²) in [6.07, 6.45) is 1.64. The van der Waals surface area contributed by atoms with E-state index in [2.05, 4.69) is 43.2 Å². The summed E-state index contributed by atoms with van der Waals surface area (Å²) in [6.45, 7) is 8.12. The van der Waals surface area contributed by atoms with E-state index in [4.69, 9.17) is 0 Å². The van der Waals surface area contributed by atoms with Crippen LogP contribution in [0.15, 0.2) is 36.5 Å². The molecular formula is C15H20N2O. The number of benzene rings is 1. The lowest BCUT2D eigenvalue weighted by molar-refractivity contribution is -0.122. The molecule has 1 aliphatic rings. The molecule has 1 aliphatic heterocycles. The van der Waals surface area contributed by atoms with E-state index < -0.39 is 0 Å². The van der Waals surface area contributed by atoms with Crippen molar-refractivity contribution < 1.29 is 4.79 Å². The third-order valence-corrected chi connectivity index (χ3v) is 3.27. The van der Waals surface area contributed by atoms with Crippen molar-refractivity contribution in [2.75, 3.05) is 5.32 Å². The number of hydrogen-bond donors (Lipinski definition) is 2. The van der Waals surface area contributed by atoms with Gasteiger partial charge in [-0.3, -0.25) is 4.79 Å². The van der Waals surface area contributed by atoms with Crippen LogP contribution in [0.3, 0.4) is 0 Å². The van der Waals surface area contributed by atoms with E-state index in [1.54, 1.807) is 0 Å². The molecule has 2 N–H and O–H groups in total. The van der Waals surface area contributed by atoms with Crippen molar-refractivity contribution in [2.45, 2.75) is 38.6 Å². The largest absolute Gasteiger partial charge is 0.374 e. The highest BCUT2D eigenvalue weighted by molar-refractivity contribution is 5.86. The quantitative estimate of drug-likeness (QED) is 0.858. The minimum absolute atomic E-state index is 0.0131. The number of carbonyl (C=O) groups excluding carboxylic acids is 1. The minimum Gasteiger partial charge on any atom is -0.374 e. The summed E-state index contributed by atoms with van der Waals surface area (Å²) < 4.78 is 0. The molecule has 0 radical (unpaired) electrons. The molecule has 3 nitrogen and oxygen atoms in total. The molecule has 1 unspecified atom stereocenters. The van der Waals surface area contributed by atoms with Crippen LogP contribution in [0.2, 0.25) is 0 Å². The van der Waals surface area contributed by atoms with Crippen molar-refractivity contribution in [2.24, 2.45) is 0 Å². The van der Waals surface area contributed by atoms with Gasteiger partial charge in [0.05, 0.1) is 0 Å². The van der Waals surface area contributed by atoms with Gasteiger partial charge in [0.15, 0.2) is 0 Å². The Bertz CT molecular complexity index is 448. The Morgan fingerprint density at radius 2 is 2.00 bits per heavy atom. The summed E-state index contributed by atoms with van der Waals surface area (Å²) in [5.41, 5.74) is 3.11. The number of hydrogen-bond acceptors (Lipinski definition) is 2. The molecule has 1 aromatic carbocycles. The van der Waals surface area contributed by atoms with Gasteiger partial charge in [-0.25, -0.2) is 0 Å². The molecule has 0 aromatic heterocycles. The van der Waals surface area contributed by atoms with Gasteiger partial charge in [0.2, 0.25) is 5.91 Å². The van der Waals surface area contributed by atoms with Gasteiger partial charge >= 0.3 is 0 Å². The van der Waals surface area contributed by atoms with Crippen LogP contribution in [0.1, 0.15) is 38.2 Å². The third kappa shape index (κ3) is 2.92. The first-order valence-corrected chi connectivity index (χ1v) is 6.41. The highest BCUT2D eigenvalue weighted by Gasteiger charge is 2.23. The summed E-state index contributed by atoms with van der Waals surface area (Å²) >= 11 is 0. The molecule has 3 heteroatoms. The van der Waals surface area contributed by atoms with Gasteiger partial charge < -0.3 is 10.6 Å². The topological polar surface area (TPSA) is 41.1 Å². The van der Waals surface area contributed by atoms with Gasteiger partial charge in [-0.15, -0.1) is 0 Å². The highest BCUT2D eigenvalue weighted by atomic mass is 16.2. The second-order valence-electron chi connectivity index (χ2n) is 5.11. The maximum atomic E-state index is 11.7. The van der Waals surface area contributed by atoms with Crippen LogP contribution in [0.4, 0.5) is 5.69 Å². The zero-order valence-electron chi connectivity index (χ0n) is 11.0. The summed E-state index contributed by atoms with van der Waals surface area (Å²) in [5, 5.41) is 6.05. The van der Waals surface area contributed by atoms with Gasteiger partial charge in [-0.1, -0.05) is 32.6 Å². The molecule has 1 fully saturated rings. The minimum atomic E-state index is -0.152. The summed E-state index contributed by atoms with van der Waals surface area (Å²) in [4.78, 5) is 11.7. The fraction of sp³-hybridized carbons (Fsp3) is 0.400. The number of amides is 1. The standard InChI is InChI=1S/C15H20N2O/c1-10(2)12-5-7-13(8-6-12)17-14-9-4-11(3)16-15(14)18/h5-8,10,14,17H,3-4,9H2,1-2H3,(H,16,18). The molecule has 1 amide bonds. The van der Waals surface area contributed by atoms with Gasteiger partial charge in [0.1, 0.15) is 6.04 Å². The van der Waals surface area contributed by atoms with Crippen LogP contribution in [-0.2, 0) is 4.79 Å². The number of piperidine rings is 1. The Morgan fingerprint density at radius 1 is 1.33 bits per heavy atom. The van der Waals surface area contributed by atoms with E-state index in [0.29, 0.717) is 5.92 Å². The molecule has 1 aromatic rings. The molecule has 0 bridgehead atoms. The Labute approximate surface area is 108 Å². The van der Waals surface area contributed by atoms with Crippen LogP contribution in [0.5, 0.6) is 0 Å². The lowest BCUT2D eigenvalue weighted by atomic mass is 10.0. The van der Waals surface area contributed by atoms with E-state index in [0.717, 1.165) is 24.2 Å². The molecule has 18 heavy (non-hydrogen) atoms. The number of nitrogens with one attached hydrogen (secondary N) is 2. The first kappa shape index (κ1) is 12.7. The van der Waals surface area contributed by atoms with Crippen LogP contribution in [0.25, 0.3) is 0 Å². The maximum absolute atomic E-state index is 11.7. The van der Waals surface area contributed by atoms with Crippen molar-refractivity contribution in [3.8, 4) is 0 Å². The van der Waals surface area contributed by atoms with Crippen molar-refractivity contribution in [3.05, 3.63) is 42.1 Å². The highest BCUT2D eigenvalue weighted by Crippen LogP contribution is 2.20. The summed E-state index contributed by atoms with van der Waals surface area (Å²) in [5.74, 6) is 0.541. The van der Waals surface area contributed by atoms with Crippen molar-refractivity contribution in [1.82, 2.24) is 5.32 Å². The van der Waals surface area contributed by atoms with Crippen LogP contribution in [0, 0.1) is 0 Å². The Hall–Kier alpha value is -1.77. The van der Waals surface area contributed by atoms with Gasteiger partial charge in [0, 0.05) is 11.4 Å². The first-order valence-electron chi connectivity index (χ1n) is 6.41. The van der Waals surface area contributed by atoms with E-state index in [9.17, 15) is 4.79 Å². The summed E-state index contributed by atoms with van der Waals surface area (Å²) in [6, 6.07) is 8.12. The second kappa shape index (κ2) is 5.25. The number of anilines is 1. The third-order valence-electron chi connectivity index (χ3n) is 3.27. The predicted octanol–water partition coefficient (Wildman–Crippen LogP) is 3.01. The van der Waals surface area contributed by atoms with Gasteiger partial charge in [0.25, 0.3) is 0 Å². The fourth-order valence-corrected chi connectivity index (χ4v) is 2.08. The molecule has 1 heterocycles. The zero-order valence-corrected chi connectivity index (χ0v) is 11.0. The molecular weight excluding hydrogens is 224 g/mol. The number of allylic oxidation sites excluding steroid dienone is 1. The predicted molar refractivity (Wildman–Crippen MR) is 74.5 cm³/mol. The van der Waals surface area contributed by atoms with Crippen molar-refractivity contribution in [3.63, 3.8) is 0 Å². The smallest absolute Gasteiger partial charge is 0.246 e. The average molecular weight is 244 g/mol. The van der Waals surface area contributed by atoms with Crippen LogP contribution < -0.4 is 10.6 Å². The zero-order chi connectivity index (χ0) is 13.1. The van der Waals surface area contributed by atoms with E-state index in [1.165, 1.54) is 5.56 Å². The fourth-order valence-electron chi connectivity index (χ4n) is 2.08. The number of carbonyl (C=O) groups is 1. The molecule has 0 aliphatic carbocycles. The van der Waals surface area contributed by atoms with Gasteiger partial charge in [-0.05, 0) is 36.5 Å². The second-order valence-corrected chi connectivity index (χ2v) is 5.11. The summed E-state index contributed by atoms with van der Waals surface area (Å²) in [7, 11) is 0. The number of rotatable bonds is 3. The molecule has 1 saturated heterocycles. The lowest BCUT2D eigenvalue weighted by Gasteiger charge is -2.25.